The van der Waals surface area contributed by atoms with Crippen molar-refractivity contribution >= 4 is 29.1 Å². The van der Waals surface area contributed by atoms with E-state index in [1.807, 2.05) is 6.92 Å². The molecule has 0 aliphatic carbocycles. The Bertz CT molecular complexity index is 1140. The molecule has 2 saturated heterocycles. The largest absolute Gasteiger partial charge is 0.507 e. The highest BCUT2D eigenvalue weighted by atomic mass is 35.5. The second kappa shape index (κ2) is 12.6. The number of morpholine rings is 1. The molecule has 0 spiro atoms. The van der Waals surface area contributed by atoms with Crippen LogP contribution in [0.1, 0.15) is 48.9 Å². The minimum absolute atomic E-state index is 0.0951. The van der Waals surface area contributed by atoms with Crippen molar-refractivity contribution in [1.29, 1.82) is 0 Å². The first-order chi connectivity index (χ1) is 17.9. The maximum absolute atomic E-state index is 13.3. The number of aliphatic hydroxyl groups is 1. The summed E-state index contributed by atoms with van der Waals surface area (Å²) < 4.78 is 11.3. The molecule has 2 heterocycles. The summed E-state index contributed by atoms with van der Waals surface area (Å²) in [7, 11) is 0. The zero-order valence-electron chi connectivity index (χ0n) is 21.5. The predicted octanol–water partition coefficient (Wildman–Crippen LogP) is 4.97. The van der Waals surface area contributed by atoms with E-state index in [9.17, 15) is 14.7 Å². The predicted molar refractivity (Wildman–Crippen MR) is 144 cm³/mol. The average Bonchev–Trinajstić information content (AvgIpc) is 3.15. The van der Waals surface area contributed by atoms with E-state index in [4.69, 9.17) is 21.1 Å². The van der Waals surface area contributed by atoms with Crippen molar-refractivity contribution in [2.45, 2.75) is 39.2 Å². The highest BCUT2D eigenvalue weighted by molar-refractivity contribution is 6.46. The van der Waals surface area contributed by atoms with Gasteiger partial charge in [-0.05, 0) is 61.2 Å². The summed E-state index contributed by atoms with van der Waals surface area (Å²) in [5.41, 5.74) is 2.15. The molecule has 2 fully saturated rings. The molecule has 7 nitrogen and oxygen atoms in total. The van der Waals surface area contributed by atoms with Gasteiger partial charge in [0.15, 0.2) is 0 Å². The van der Waals surface area contributed by atoms with Gasteiger partial charge < -0.3 is 19.5 Å². The molecule has 0 unspecified atom stereocenters. The standard InChI is InChI=1S/C29H35ClN2O5/c1-3-4-16-37-24-11-8-22(19-20(24)2)27(33)25-26(21-6-9-23(30)10-7-21)32(29(35)28(25)34)13-5-12-31-14-17-36-18-15-31/h6-11,19,26,33H,3-5,12-18H2,1-2H3/t26-/m1/s1. The number of aryl methyl sites for hydroxylation is 1. The zero-order chi connectivity index (χ0) is 26.4. The van der Waals surface area contributed by atoms with E-state index in [-0.39, 0.29) is 11.3 Å². The lowest BCUT2D eigenvalue weighted by molar-refractivity contribution is -0.140. The fraction of sp³-hybridized carbons (Fsp3) is 0.448. The van der Waals surface area contributed by atoms with Crippen molar-refractivity contribution in [1.82, 2.24) is 9.80 Å². The van der Waals surface area contributed by atoms with Crippen LogP contribution in [0.5, 0.6) is 5.75 Å². The molecule has 2 aromatic rings. The van der Waals surface area contributed by atoms with Crippen molar-refractivity contribution in [3.63, 3.8) is 0 Å². The van der Waals surface area contributed by atoms with Gasteiger partial charge in [0.1, 0.15) is 11.5 Å². The fourth-order valence-corrected chi connectivity index (χ4v) is 4.96. The summed E-state index contributed by atoms with van der Waals surface area (Å²) in [6.45, 7) is 8.95. The molecule has 198 valence electrons. The van der Waals surface area contributed by atoms with Crippen molar-refractivity contribution in [2.24, 2.45) is 0 Å². The first-order valence-electron chi connectivity index (χ1n) is 13.0. The molecule has 0 aromatic heterocycles. The van der Waals surface area contributed by atoms with E-state index in [1.165, 1.54) is 0 Å². The van der Waals surface area contributed by atoms with E-state index in [2.05, 4.69) is 11.8 Å². The Morgan fingerprint density at radius 3 is 2.49 bits per heavy atom. The first-order valence-corrected chi connectivity index (χ1v) is 13.4. The number of carbonyl (C=O) groups is 2. The maximum atomic E-state index is 13.3. The molecule has 1 atom stereocenters. The number of unbranched alkanes of at least 4 members (excludes halogenated alkanes) is 1. The Labute approximate surface area is 223 Å². The van der Waals surface area contributed by atoms with E-state index in [0.717, 1.165) is 49.4 Å². The number of nitrogens with zero attached hydrogens (tertiary/aromatic N) is 2. The lowest BCUT2D eigenvalue weighted by Gasteiger charge is -2.29. The summed E-state index contributed by atoms with van der Waals surface area (Å²) in [6.07, 6.45) is 2.70. The van der Waals surface area contributed by atoms with Crippen LogP contribution in [-0.4, -0.2) is 72.6 Å². The highest BCUT2D eigenvalue weighted by Gasteiger charge is 2.45. The third-order valence-electron chi connectivity index (χ3n) is 6.91. The van der Waals surface area contributed by atoms with Crippen molar-refractivity contribution in [3.8, 4) is 5.75 Å². The van der Waals surface area contributed by atoms with Crippen LogP contribution in [-0.2, 0) is 14.3 Å². The van der Waals surface area contributed by atoms with Crippen LogP contribution in [0.25, 0.3) is 5.76 Å². The molecular weight excluding hydrogens is 492 g/mol. The van der Waals surface area contributed by atoms with Gasteiger partial charge >= 0.3 is 0 Å². The molecule has 0 bridgehead atoms. The Hall–Kier alpha value is -2.87. The number of Topliss-reactive ketones (excluding diaryl/α,β-unsaturated/α-hetero) is 1. The number of amides is 1. The van der Waals surface area contributed by atoms with E-state index >= 15 is 0 Å². The van der Waals surface area contributed by atoms with Crippen molar-refractivity contribution in [2.75, 3.05) is 46.0 Å². The molecule has 1 amide bonds. The number of rotatable bonds is 10. The van der Waals surface area contributed by atoms with Crippen LogP contribution >= 0.6 is 11.6 Å². The Morgan fingerprint density at radius 2 is 1.81 bits per heavy atom. The van der Waals surface area contributed by atoms with Gasteiger partial charge in [0.05, 0.1) is 31.4 Å². The molecular formula is C29H35ClN2O5. The number of benzene rings is 2. The van der Waals surface area contributed by atoms with E-state index < -0.39 is 17.7 Å². The van der Waals surface area contributed by atoms with Gasteiger partial charge in [0, 0.05) is 36.8 Å². The maximum Gasteiger partial charge on any atom is 0.295 e. The number of hydrogen-bond acceptors (Lipinski definition) is 6. The van der Waals surface area contributed by atoms with Crippen LogP contribution in [0.4, 0.5) is 0 Å². The normalized spacial score (nSPS) is 20.0. The van der Waals surface area contributed by atoms with Gasteiger partial charge in [-0.2, -0.15) is 0 Å². The molecule has 2 aliphatic heterocycles. The second-order valence-electron chi connectivity index (χ2n) is 9.53. The summed E-state index contributed by atoms with van der Waals surface area (Å²) in [6, 6.07) is 11.7. The number of carbonyl (C=O) groups excluding carboxylic acids is 2. The molecule has 37 heavy (non-hydrogen) atoms. The van der Waals surface area contributed by atoms with Gasteiger partial charge in [-0.15, -0.1) is 0 Å². The summed E-state index contributed by atoms with van der Waals surface area (Å²) >= 11 is 6.12. The quantitative estimate of drug-likeness (QED) is 0.204. The fourth-order valence-electron chi connectivity index (χ4n) is 4.83. The van der Waals surface area contributed by atoms with Gasteiger partial charge in [-0.1, -0.05) is 37.1 Å². The SMILES string of the molecule is CCCCOc1ccc(C(O)=C2C(=O)C(=O)N(CCCN3CCOCC3)[C@@H]2c2ccc(Cl)cc2)cc1C. The van der Waals surface area contributed by atoms with Crippen molar-refractivity contribution < 1.29 is 24.2 Å². The van der Waals surface area contributed by atoms with Crippen LogP contribution in [0.15, 0.2) is 48.0 Å². The number of ketones is 1. The number of aliphatic hydroxyl groups excluding tert-OH is 1. The number of halogens is 1. The average molecular weight is 527 g/mol. The molecule has 1 N–H and O–H groups in total. The minimum atomic E-state index is -0.692. The summed E-state index contributed by atoms with van der Waals surface area (Å²) in [4.78, 5) is 30.4. The second-order valence-corrected chi connectivity index (χ2v) is 9.97. The molecule has 8 heteroatoms. The lowest BCUT2D eigenvalue weighted by Crippen LogP contribution is -2.38. The number of ether oxygens (including phenoxy) is 2. The number of likely N-dealkylation sites (tertiary alicyclic amines) is 1. The molecule has 2 aliphatic rings. The van der Waals surface area contributed by atoms with Gasteiger partial charge in [0.25, 0.3) is 11.7 Å². The molecule has 0 saturated carbocycles. The third kappa shape index (κ3) is 6.35. The van der Waals surface area contributed by atoms with Gasteiger partial charge in [-0.25, -0.2) is 0 Å². The van der Waals surface area contributed by atoms with Crippen LogP contribution in [0.3, 0.4) is 0 Å². The van der Waals surface area contributed by atoms with Crippen LogP contribution in [0.2, 0.25) is 5.02 Å². The highest BCUT2D eigenvalue weighted by Crippen LogP contribution is 2.40. The third-order valence-corrected chi connectivity index (χ3v) is 7.16. The zero-order valence-corrected chi connectivity index (χ0v) is 22.3. The Kier molecular flexibility index (Phi) is 9.24. The Balaban J connectivity index is 1.64. The molecule has 0 radical (unpaired) electrons. The van der Waals surface area contributed by atoms with E-state index in [1.54, 1.807) is 47.4 Å². The van der Waals surface area contributed by atoms with E-state index in [0.29, 0.717) is 43.4 Å². The minimum Gasteiger partial charge on any atom is -0.507 e. The topological polar surface area (TPSA) is 79.3 Å². The van der Waals surface area contributed by atoms with Gasteiger partial charge in [0.2, 0.25) is 0 Å². The Morgan fingerprint density at radius 1 is 1.08 bits per heavy atom. The first kappa shape index (κ1) is 27.2. The lowest BCUT2D eigenvalue weighted by atomic mass is 9.94. The number of hydrogen-bond donors (Lipinski definition) is 1. The van der Waals surface area contributed by atoms with Crippen LogP contribution < -0.4 is 4.74 Å². The molecule has 4 rings (SSSR count). The van der Waals surface area contributed by atoms with Crippen molar-refractivity contribution in [3.05, 3.63) is 69.8 Å². The smallest absolute Gasteiger partial charge is 0.295 e. The van der Waals surface area contributed by atoms with Gasteiger partial charge in [-0.3, -0.25) is 14.5 Å². The summed E-state index contributed by atoms with van der Waals surface area (Å²) in [5, 5.41) is 11.9. The van der Waals surface area contributed by atoms with Crippen LogP contribution in [0, 0.1) is 6.92 Å². The monoisotopic (exact) mass is 526 g/mol. The summed E-state index contributed by atoms with van der Waals surface area (Å²) in [5.74, 6) is -0.718. The molecule has 2 aromatic carbocycles.